The van der Waals surface area contributed by atoms with E-state index in [0.29, 0.717) is 16.5 Å². The molecule has 0 aliphatic carbocycles. The van der Waals surface area contributed by atoms with Gasteiger partial charge in [0.25, 0.3) is 20.0 Å². The summed E-state index contributed by atoms with van der Waals surface area (Å²) in [5.41, 5.74) is 1.35. The summed E-state index contributed by atoms with van der Waals surface area (Å²) in [6, 6.07) is 18.7. The number of nitrogens with one attached hydrogen (secondary N) is 2. The molecule has 0 aromatic heterocycles. The van der Waals surface area contributed by atoms with E-state index in [0.717, 1.165) is 9.87 Å². The minimum atomic E-state index is -4.41. The number of carbonyl (C=O) groups excluding carboxylic acids is 1. The zero-order valence-electron chi connectivity index (χ0n) is 25.5. The van der Waals surface area contributed by atoms with Gasteiger partial charge in [-0.15, -0.1) is 0 Å². The summed E-state index contributed by atoms with van der Waals surface area (Å²) in [6.07, 6.45) is 0. The van der Waals surface area contributed by atoms with Gasteiger partial charge in [0, 0.05) is 22.8 Å². The first-order chi connectivity index (χ1) is 21.8. The van der Waals surface area contributed by atoms with Gasteiger partial charge in [0.05, 0.1) is 49.6 Å². The fraction of sp³-hybridized carbons (Fsp3) is 0.194. The largest absolute Gasteiger partial charge is 0.497 e. The number of sulfonamides is 2. The number of hydrogen-bond acceptors (Lipinski definition) is 9. The van der Waals surface area contributed by atoms with E-state index in [1.54, 1.807) is 25.1 Å². The summed E-state index contributed by atoms with van der Waals surface area (Å²) >= 11 is 6.11. The summed E-state index contributed by atoms with van der Waals surface area (Å²) in [5, 5.41) is 3.03. The predicted octanol–water partition coefficient (Wildman–Crippen LogP) is 5.32. The molecule has 0 aliphatic heterocycles. The van der Waals surface area contributed by atoms with Crippen molar-refractivity contribution >= 4 is 54.6 Å². The van der Waals surface area contributed by atoms with Crippen LogP contribution in [0.2, 0.25) is 5.02 Å². The quantitative estimate of drug-likeness (QED) is 0.190. The Bertz CT molecular complexity index is 1950. The summed E-state index contributed by atoms with van der Waals surface area (Å²) in [6.45, 7) is 1.11. The van der Waals surface area contributed by atoms with Crippen LogP contribution < -0.4 is 33.3 Å². The average Bonchev–Trinajstić information content (AvgIpc) is 3.04. The maximum atomic E-state index is 14.1. The molecule has 0 heterocycles. The van der Waals surface area contributed by atoms with Crippen molar-refractivity contribution < 1.29 is 40.6 Å². The first-order valence-electron chi connectivity index (χ1n) is 13.5. The molecule has 0 saturated heterocycles. The van der Waals surface area contributed by atoms with Crippen LogP contribution in [0, 0.1) is 6.92 Å². The Kier molecular flexibility index (Phi) is 10.6. The lowest BCUT2D eigenvalue weighted by molar-refractivity contribution is -0.114. The van der Waals surface area contributed by atoms with E-state index < -0.39 is 32.5 Å². The van der Waals surface area contributed by atoms with Crippen molar-refractivity contribution in [1.82, 2.24) is 0 Å². The second kappa shape index (κ2) is 14.2. The van der Waals surface area contributed by atoms with Gasteiger partial charge >= 0.3 is 0 Å². The van der Waals surface area contributed by atoms with Crippen molar-refractivity contribution in [2.75, 3.05) is 49.3 Å². The fourth-order valence-electron chi connectivity index (χ4n) is 4.31. The molecule has 0 bridgehead atoms. The molecular formula is C31H32ClN3O9S2. The number of methoxy groups -OCH3 is 4. The van der Waals surface area contributed by atoms with Gasteiger partial charge < -0.3 is 24.3 Å². The molecule has 15 heteroatoms. The van der Waals surface area contributed by atoms with Crippen LogP contribution in [0.1, 0.15) is 5.56 Å². The Morgan fingerprint density at radius 3 is 1.93 bits per heavy atom. The number of carbonyl (C=O) groups is 1. The third kappa shape index (κ3) is 7.58. The molecule has 0 spiro atoms. The Labute approximate surface area is 272 Å². The van der Waals surface area contributed by atoms with Crippen LogP contribution in [0.5, 0.6) is 23.0 Å². The molecule has 0 saturated carbocycles. The SMILES string of the molecule is COc1ccc(OC)c(N(CC(=O)Nc2ccc(S(=O)(=O)Nc3ccc(C)c(Cl)c3)cc2)S(=O)(=O)c2ccc(OC)c(OC)c2)c1. The average molecular weight is 690 g/mol. The van der Waals surface area contributed by atoms with Crippen LogP contribution in [0.4, 0.5) is 17.1 Å². The van der Waals surface area contributed by atoms with Gasteiger partial charge in [-0.05, 0) is 73.2 Å². The highest BCUT2D eigenvalue weighted by molar-refractivity contribution is 7.93. The van der Waals surface area contributed by atoms with Crippen molar-refractivity contribution in [2.24, 2.45) is 0 Å². The van der Waals surface area contributed by atoms with E-state index in [1.165, 1.54) is 89.1 Å². The summed E-state index contributed by atoms with van der Waals surface area (Å²) in [7, 11) is -2.81. The third-order valence-corrected chi connectivity index (χ3v) is 10.3. The highest BCUT2D eigenvalue weighted by Gasteiger charge is 2.31. The molecule has 0 radical (unpaired) electrons. The van der Waals surface area contributed by atoms with Gasteiger partial charge in [0.2, 0.25) is 5.91 Å². The van der Waals surface area contributed by atoms with E-state index in [-0.39, 0.29) is 38.4 Å². The fourth-order valence-corrected chi connectivity index (χ4v) is 6.98. The molecule has 4 rings (SSSR count). The topological polar surface area (TPSA) is 150 Å². The van der Waals surface area contributed by atoms with Crippen LogP contribution >= 0.6 is 11.6 Å². The van der Waals surface area contributed by atoms with Gasteiger partial charge in [-0.3, -0.25) is 13.8 Å². The molecule has 12 nitrogen and oxygen atoms in total. The number of anilines is 3. The zero-order chi connectivity index (χ0) is 33.6. The van der Waals surface area contributed by atoms with Crippen LogP contribution in [-0.4, -0.2) is 57.7 Å². The predicted molar refractivity (Wildman–Crippen MR) is 176 cm³/mol. The number of aryl methyl sites for hydroxylation is 1. The molecule has 0 atom stereocenters. The number of nitrogens with zero attached hydrogens (tertiary/aromatic N) is 1. The first kappa shape index (κ1) is 34.2. The minimum Gasteiger partial charge on any atom is -0.497 e. The van der Waals surface area contributed by atoms with E-state index in [1.807, 2.05) is 0 Å². The van der Waals surface area contributed by atoms with Gasteiger partial charge in [-0.2, -0.15) is 0 Å². The van der Waals surface area contributed by atoms with Crippen molar-refractivity contribution in [3.63, 3.8) is 0 Å². The van der Waals surface area contributed by atoms with Crippen molar-refractivity contribution in [1.29, 1.82) is 0 Å². The van der Waals surface area contributed by atoms with Crippen molar-refractivity contribution in [3.05, 3.63) is 89.4 Å². The van der Waals surface area contributed by atoms with Crippen molar-refractivity contribution in [2.45, 2.75) is 16.7 Å². The maximum Gasteiger partial charge on any atom is 0.265 e. The number of hydrogen-bond donors (Lipinski definition) is 2. The molecular weight excluding hydrogens is 658 g/mol. The highest BCUT2D eigenvalue weighted by Crippen LogP contribution is 2.37. The summed E-state index contributed by atoms with van der Waals surface area (Å²) in [5.74, 6) is 0.238. The van der Waals surface area contributed by atoms with Gasteiger partial charge in [0.1, 0.15) is 18.0 Å². The summed E-state index contributed by atoms with van der Waals surface area (Å²) in [4.78, 5) is 13.1. The lowest BCUT2D eigenvalue weighted by Gasteiger charge is -2.26. The standard InChI is InChI=1S/C31H32ClN3O9S2/c1-20-6-7-22(16-26(20)32)34-45(37,38)24-11-8-21(9-12-24)33-31(36)19-35(27-17-23(41-2)10-14-28(27)42-3)46(39,40)25-13-15-29(43-4)30(18-25)44-5/h6-18,34H,19H2,1-5H3,(H,33,36). The molecule has 0 fully saturated rings. The van der Waals surface area contributed by atoms with E-state index >= 15 is 0 Å². The molecule has 1 amide bonds. The minimum absolute atomic E-state index is 0.0375. The zero-order valence-corrected chi connectivity index (χ0v) is 27.9. The second-order valence-corrected chi connectivity index (χ2v) is 13.7. The van der Waals surface area contributed by atoms with Crippen LogP contribution in [0.15, 0.2) is 88.7 Å². The lowest BCUT2D eigenvalue weighted by Crippen LogP contribution is -2.38. The van der Waals surface area contributed by atoms with Gasteiger partial charge in [-0.25, -0.2) is 16.8 Å². The number of ether oxygens (including phenoxy) is 4. The summed E-state index contributed by atoms with van der Waals surface area (Å²) < 4.78 is 78.6. The van der Waals surface area contributed by atoms with Crippen LogP contribution in [-0.2, 0) is 24.8 Å². The van der Waals surface area contributed by atoms with Gasteiger partial charge in [0.15, 0.2) is 11.5 Å². The van der Waals surface area contributed by atoms with E-state index in [4.69, 9.17) is 30.5 Å². The number of amides is 1. The first-order valence-corrected chi connectivity index (χ1v) is 16.8. The maximum absolute atomic E-state index is 14.1. The highest BCUT2D eigenvalue weighted by atomic mass is 35.5. The molecule has 244 valence electrons. The molecule has 0 aliphatic rings. The smallest absolute Gasteiger partial charge is 0.265 e. The van der Waals surface area contributed by atoms with Gasteiger partial charge in [-0.1, -0.05) is 17.7 Å². The number of halogens is 1. The molecule has 0 unspecified atom stereocenters. The molecule has 2 N–H and O–H groups in total. The Balaban J connectivity index is 1.63. The molecule has 4 aromatic rings. The van der Waals surface area contributed by atoms with E-state index in [9.17, 15) is 21.6 Å². The lowest BCUT2D eigenvalue weighted by atomic mass is 10.2. The monoisotopic (exact) mass is 689 g/mol. The molecule has 46 heavy (non-hydrogen) atoms. The Morgan fingerprint density at radius 2 is 1.33 bits per heavy atom. The normalized spacial score (nSPS) is 11.3. The molecule has 4 aromatic carbocycles. The Hall–Kier alpha value is -4.66. The van der Waals surface area contributed by atoms with E-state index in [2.05, 4.69) is 10.0 Å². The van der Waals surface area contributed by atoms with Crippen molar-refractivity contribution in [3.8, 4) is 23.0 Å². The number of benzene rings is 4. The van der Waals surface area contributed by atoms with Crippen LogP contribution in [0.3, 0.4) is 0 Å². The number of rotatable bonds is 13. The Morgan fingerprint density at radius 1 is 0.717 bits per heavy atom. The second-order valence-electron chi connectivity index (χ2n) is 9.71. The van der Waals surface area contributed by atoms with Crippen LogP contribution in [0.25, 0.3) is 0 Å². The third-order valence-electron chi connectivity index (χ3n) is 6.76.